The summed E-state index contributed by atoms with van der Waals surface area (Å²) in [5, 5.41) is 8.98. The van der Waals surface area contributed by atoms with Crippen LogP contribution in [0.4, 0.5) is 10.1 Å². The van der Waals surface area contributed by atoms with Gasteiger partial charge in [0.25, 0.3) is 0 Å². The highest BCUT2D eigenvalue weighted by atomic mass is 32.2. The first-order chi connectivity index (χ1) is 10.6. The molecule has 0 atom stereocenters. The fourth-order valence-corrected chi connectivity index (χ4v) is 2.67. The molecule has 0 unspecified atom stereocenters. The van der Waals surface area contributed by atoms with Gasteiger partial charge in [0, 0.05) is 16.2 Å². The van der Waals surface area contributed by atoms with E-state index >= 15 is 0 Å². The number of nitrogens with two attached hydrogens (primary N) is 1. The number of ether oxygens (including phenoxy) is 1. The molecule has 2 rings (SSSR count). The van der Waals surface area contributed by atoms with Crippen molar-refractivity contribution in [1.82, 2.24) is 4.98 Å². The van der Waals surface area contributed by atoms with Crippen LogP contribution in [-0.2, 0) is 4.74 Å². The number of nitrogens with zero attached hydrogens (tertiary/aromatic N) is 1. The number of thioether (sulfide) groups is 1. The molecule has 0 fully saturated rings. The van der Waals surface area contributed by atoms with Gasteiger partial charge in [-0.25, -0.2) is 14.2 Å². The van der Waals surface area contributed by atoms with E-state index in [1.165, 1.54) is 31.0 Å². The average molecular weight is 322 g/mol. The van der Waals surface area contributed by atoms with Gasteiger partial charge < -0.3 is 15.6 Å². The molecule has 2 aromatic rings. The predicted molar refractivity (Wildman–Crippen MR) is 83.2 cm³/mol. The summed E-state index contributed by atoms with van der Waals surface area (Å²) >= 11 is 1.35. The number of hydrogen-bond donors (Lipinski definition) is 2. The van der Waals surface area contributed by atoms with Crippen molar-refractivity contribution in [2.24, 2.45) is 0 Å². The van der Waals surface area contributed by atoms with Crippen LogP contribution in [0.1, 0.15) is 10.5 Å². The van der Waals surface area contributed by atoms with E-state index in [0.29, 0.717) is 21.9 Å². The summed E-state index contributed by atoms with van der Waals surface area (Å²) in [4.78, 5) is 16.7. The number of carbonyl (C=O) groups excluding carboxylic acids is 1. The van der Waals surface area contributed by atoms with E-state index in [9.17, 15) is 9.18 Å². The number of carbonyl (C=O) groups is 1. The van der Waals surface area contributed by atoms with E-state index in [0.717, 1.165) is 0 Å². The van der Waals surface area contributed by atoms with Crippen molar-refractivity contribution in [2.75, 3.05) is 25.2 Å². The number of methoxy groups -OCH3 is 1. The summed E-state index contributed by atoms with van der Waals surface area (Å²) < 4.78 is 17.7. The SMILES string of the molecule is COC(=O)c1nc(-c2ccc(F)cc2)c(SCCO)cc1N. The first-order valence-corrected chi connectivity index (χ1v) is 7.43. The Labute approximate surface area is 131 Å². The van der Waals surface area contributed by atoms with Gasteiger partial charge in [-0.15, -0.1) is 11.8 Å². The maximum absolute atomic E-state index is 13.1. The summed E-state index contributed by atoms with van der Waals surface area (Å²) in [7, 11) is 1.25. The Kier molecular flexibility index (Phi) is 5.35. The fraction of sp³-hybridized carbons (Fsp3) is 0.200. The lowest BCUT2D eigenvalue weighted by atomic mass is 10.1. The van der Waals surface area contributed by atoms with Gasteiger partial charge in [-0.3, -0.25) is 0 Å². The van der Waals surface area contributed by atoms with Crippen LogP contribution >= 0.6 is 11.8 Å². The van der Waals surface area contributed by atoms with Crippen LogP contribution in [0.5, 0.6) is 0 Å². The Bertz CT molecular complexity index is 677. The molecule has 116 valence electrons. The summed E-state index contributed by atoms with van der Waals surface area (Å²) in [5.74, 6) is -0.552. The number of nitrogen functional groups attached to an aromatic ring is 1. The Morgan fingerprint density at radius 2 is 2.09 bits per heavy atom. The minimum Gasteiger partial charge on any atom is -0.464 e. The van der Waals surface area contributed by atoms with Gasteiger partial charge in [0.05, 0.1) is 25.1 Å². The molecule has 0 bridgehead atoms. The Morgan fingerprint density at radius 1 is 1.41 bits per heavy atom. The van der Waals surface area contributed by atoms with Crippen molar-refractivity contribution >= 4 is 23.4 Å². The van der Waals surface area contributed by atoms with Gasteiger partial charge in [-0.1, -0.05) is 0 Å². The third kappa shape index (κ3) is 3.55. The molecule has 1 heterocycles. The highest BCUT2D eigenvalue weighted by Crippen LogP contribution is 2.32. The number of pyridine rings is 1. The molecule has 0 radical (unpaired) electrons. The van der Waals surface area contributed by atoms with E-state index in [1.807, 2.05) is 0 Å². The highest BCUT2D eigenvalue weighted by molar-refractivity contribution is 7.99. The van der Waals surface area contributed by atoms with Gasteiger partial charge in [-0.05, 0) is 30.3 Å². The number of aliphatic hydroxyl groups excluding tert-OH is 1. The summed E-state index contributed by atoms with van der Waals surface area (Å²) in [6.45, 7) is -0.00776. The molecule has 0 amide bonds. The Balaban J connectivity index is 2.55. The lowest BCUT2D eigenvalue weighted by molar-refractivity contribution is 0.0595. The molecule has 7 heteroatoms. The van der Waals surface area contributed by atoms with Crippen molar-refractivity contribution in [3.05, 3.63) is 41.8 Å². The highest BCUT2D eigenvalue weighted by Gasteiger charge is 2.18. The Morgan fingerprint density at radius 3 is 2.68 bits per heavy atom. The van der Waals surface area contributed by atoms with Crippen molar-refractivity contribution in [1.29, 1.82) is 0 Å². The number of halogens is 1. The summed E-state index contributed by atoms with van der Waals surface area (Å²) in [5.41, 5.74) is 7.18. The minimum atomic E-state index is -0.639. The molecule has 22 heavy (non-hydrogen) atoms. The van der Waals surface area contributed by atoms with Crippen molar-refractivity contribution in [3.63, 3.8) is 0 Å². The number of esters is 1. The number of aromatic nitrogens is 1. The third-order valence-electron chi connectivity index (χ3n) is 2.86. The van der Waals surface area contributed by atoms with Gasteiger partial charge in [0.15, 0.2) is 5.69 Å². The topological polar surface area (TPSA) is 85.4 Å². The first kappa shape index (κ1) is 16.3. The van der Waals surface area contributed by atoms with Crippen LogP contribution in [0, 0.1) is 5.82 Å². The molecule has 0 aliphatic rings. The Hall–Kier alpha value is -2.12. The van der Waals surface area contributed by atoms with Crippen molar-refractivity contribution in [3.8, 4) is 11.3 Å². The molecule has 0 spiro atoms. The van der Waals surface area contributed by atoms with Crippen molar-refractivity contribution < 1.29 is 19.0 Å². The zero-order valence-electron chi connectivity index (χ0n) is 11.9. The molecular formula is C15H15FN2O3S. The van der Waals surface area contributed by atoms with Crippen LogP contribution < -0.4 is 5.73 Å². The summed E-state index contributed by atoms with van der Waals surface area (Å²) in [6.07, 6.45) is 0. The number of aliphatic hydroxyl groups is 1. The van der Waals surface area contributed by atoms with Crippen LogP contribution in [0.15, 0.2) is 35.2 Å². The van der Waals surface area contributed by atoms with E-state index in [4.69, 9.17) is 10.8 Å². The largest absolute Gasteiger partial charge is 0.464 e. The van der Waals surface area contributed by atoms with E-state index in [2.05, 4.69) is 9.72 Å². The lowest BCUT2D eigenvalue weighted by Crippen LogP contribution is -2.10. The normalized spacial score (nSPS) is 10.5. The third-order valence-corrected chi connectivity index (χ3v) is 3.87. The predicted octanol–water partition coefficient (Wildman–Crippen LogP) is 2.34. The quantitative estimate of drug-likeness (QED) is 0.649. The number of benzene rings is 1. The fourth-order valence-electron chi connectivity index (χ4n) is 1.85. The smallest absolute Gasteiger partial charge is 0.358 e. The second-order valence-corrected chi connectivity index (χ2v) is 5.48. The van der Waals surface area contributed by atoms with E-state index in [1.54, 1.807) is 18.2 Å². The molecular weight excluding hydrogens is 307 g/mol. The molecule has 5 nitrogen and oxygen atoms in total. The lowest BCUT2D eigenvalue weighted by Gasteiger charge is -2.12. The molecule has 3 N–H and O–H groups in total. The molecule has 0 aliphatic carbocycles. The molecule has 0 saturated heterocycles. The van der Waals surface area contributed by atoms with Crippen molar-refractivity contribution in [2.45, 2.75) is 4.90 Å². The van der Waals surface area contributed by atoms with E-state index in [-0.39, 0.29) is 23.8 Å². The van der Waals surface area contributed by atoms with E-state index < -0.39 is 5.97 Å². The maximum Gasteiger partial charge on any atom is 0.358 e. The van der Waals surface area contributed by atoms with Crippen LogP contribution in [0.25, 0.3) is 11.3 Å². The minimum absolute atomic E-state index is 0.00776. The number of hydrogen-bond acceptors (Lipinski definition) is 6. The zero-order chi connectivity index (χ0) is 16.1. The number of anilines is 1. The molecule has 1 aromatic heterocycles. The maximum atomic E-state index is 13.1. The van der Waals surface area contributed by atoms with Crippen LogP contribution in [0.2, 0.25) is 0 Å². The summed E-state index contributed by atoms with van der Waals surface area (Å²) in [6, 6.07) is 7.37. The molecule has 1 aromatic carbocycles. The zero-order valence-corrected chi connectivity index (χ0v) is 12.7. The van der Waals surface area contributed by atoms with Crippen LogP contribution in [0.3, 0.4) is 0 Å². The average Bonchev–Trinajstić information content (AvgIpc) is 2.53. The van der Waals surface area contributed by atoms with Gasteiger partial charge in [0.2, 0.25) is 0 Å². The molecule has 0 saturated carbocycles. The van der Waals surface area contributed by atoms with Crippen LogP contribution in [-0.4, -0.2) is 35.5 Å². The molecule has 0 aliphatic heterocycles. The van der Waals surface area contributed by atoms with Gasteiger partial charge in [0.1, 0.15) is 5.82 Å². The number of rotatable bonds is 5. The van der Waals surface area contributed by atoms with Gasteiger partial charge in [-0.2, -0.15) is 0 Å². The monoisotopic (exact) mass is 322 g/mol. The second kappa shape index (κ2) is 7.24. The standard InChI is InChI=1S/C15H15FN2O3S/c1-21-15(20)14-11(17)8-12(22-7-6-19)13(18-14)9-2-4-10(16)5-3-9/h2-5,8,19H,6-7,17H2,1H3. The second-order valence-electron chi connectivity index (χ2n) is 4.34. The van der Waals surface area contributed by atoms with Gasteiger partial charge >= 0.3 is 5.97 Å². The first-order valence-electron chi connectivity index (χ1n) is 6.45.